The minimum absolute atomic E-state index is 0.948. The summed E-state index contributed by atoms with van der Waals surface area (Å²) in [6.07, 6.45) is 7.08. The summed E-state index contributed by atoms with van der Waals surface area (Å²) in [7, 11) is 0. The molecule has 0 saturated carbocycles. The highest BCUT2D eigenvalue weighted by molar-refractivity contribution is 5.35. The molecule has 7 nitrogen and oxygen atoms in total. The van der Waals surface area contributed by atoms with Crippen LogP contribution in [0.4, 0.5) is 5.82 Å². The summed E-state index contributed by atoms with van der Waals surface area (Å²) in [6.45, 7) is 8.07. The summed E-state index contributed by atoms with van der Waals surface area (Å²) >= 11 is 0. The predicted molar refractivity (Wildman–Crippen MR) is 75.4 cm³/mol. The standard InChI is InChI=1S/C13H19N7/c1-12-17-16-11-20(12)9-6-18-4-7-19(8-5-18)13-10-14-2-3-15-13/h2-3,10-11H,4-9H2,1H3. The number of rotatable bonds is 4. The average molecular weight is 273 g/mol. The van der Waals surface area contributed by atoms with E-state index in [4.69, 9.17) is 0 Å². The predicted octanol–water partition coefficient (Wildman–Crippen LogP) is 0.199. The van der Waals surface area contributed by atoms with Crippen molar-refractivity contribution in [3.63, 3.8) is 0 Å². The molecule has 0 unspecified atom stereocenters. The van der Waals surface area contributed by atoms with E-state index >= 15 is 0 Å². The molecule has 20 heavy (non-hydrogen) atoms. The first-order chi connectivity index (χ1) is 9.83. The van der Waals surface area contributed by atoms with Crippen molar-refractivity contribution in [1.82, 2.24) is 29.6 Å². The lowest BCUT2D eigenvalue weighted by Crippen LogP contribution is -2.47. The number of anilines is 1. The number of aromatic nitrogens is 5. The van der Waals surface area contributed by atoms with Gasteiger partial charge in [0.2, 0.25) is 0 Å². The molecule has 0 aromatic carbocycles. The van der Waals surface area contributed by atoms with Gasteiger partial charge in [-0.25, -0.2) is 4.98 Å². The maximum Gasteiger partial charge on any atom is 0.147 e. The van der Waals surface area contributed by atoms with E-state index in [-0.39, 0.29) is 0 Å². The van der Waals surface area contributed by atoms with Crippen LogP contribution in [0.3, 0.4) is 0 Å². The van der Waals surface area contributed by atoms with Crippen LogP contribution in [0.15, 0.2) is 24.9 Å². The van der Waals surface area contributed by atoms with Crippen molar-refractivity contribution in [2.45, 2.75) is 13.5 Å². The molecule has 1 aliphatic rings. The number of nitrogens with zero attached hydrogens (tertiary/aromatic N) is 7. The second kappa shape index (κ2) is 5.96. The van der Waals surface area contributed by atoms with E-state index < -0.39 is 0 Å². The van der Waals surface area contributed by atoms with Crippen LogP contribution in [-0.2, 0) is 6.54 Å². The van der Waals surface area contributed by atoms with Crippen LogP contribution in [0, 0.1) is 6.92 Å². The molecule has 2 aromatic rings. The summed E-state index contributed by atoms with van der Waals surface area (Å²) in [4.78, 5) is 13.2. The lowest BCUT2D eigenvalue weighted by atomic mass is 10.3. The highest BCUT2D eigenvalue weighted by atomic mass is 15.3. The van der Waals surface area contributed by atoms with Crippen molar-refractivity contribution in [2.24, 2.45) is 0 Å². The van der Waals surface area contributed by atoms with Crippen molar-refractivity contribution < 1.29 is 0 Å². The minimum Gasteiger partial charge on any atom is -0.353 e. The second-order valence-electron chi connectivity index (χ2n) is 4.96. The Morgan fingerprint density at radius 1 is 1.10 bits per heavy atom. The zero-order chi connectivity index (χ0) is 13.8. The number of hydrogen-bond donors (Lipinski definition) is 0. The van der Waals surface area contributed by atoms with Gasteiger partial charge in [-0.15, -0.1) is 10.2 Å². The third-order valence-corrected chi connectivity index (χ3v) is 3.71. The molecule has 7 heteroatoms. The second-order valence-corrected chi connectivity index (χ2v) is 4.96. The molecular weight excluding hydrogens is 254 g/mol. The van der Waals surface area contributed by atoms with Crippen LogP contribution in [0.25, 0.3) is 0 Å². The third-order valence-electron chi connectivity index (χ3n) is 3.71. The molecular formula is C13H19N7. The van der Waals surface area contributed by atoms with Crippen LogP contribution in [0.5, 0.6) is 0 Å². The molecule has 0 bridgehead atoms. The van der Waals surface area contributed by atoms with Crippen molar-refractivity contribution in [1.29, 1.82) is 0 Å². The molecule has 2 aromatic heterocycles. The quantitative estimate of drug-likeness (QED) is 0.793. The van der Waals surface area contributed by atoms with Gasteiger partial charge in [-0.1, -0.05) is 0 Å². The van der Waals surface area contributed by atoms with Crippen molar-refractivity contribution in [3.8, 4) is 0 Å². The van der Waals surface area contributed by atoms with Gasteiger partial charge in [-0.2, -0.15) is 0 Å². The third kappa shape index (κ3) is 2.93. The molecule has 1 fully saturated rings. The number of piperazine rings is 1. The molecule has 0 N–H and O–H groups in total. The topological polar surface area (TPSA) is 63.0 Å². The Bertz CT molecular complexity index is 531. The Kier molecular flexibility index (Phi) is 3.87. The number of hydrogen-bond acceptors (Lipinski definition) is 6. The minimum atomic E-state index is 0.948. The number of aryl methyl sites for hydroxylation is 1. The summed E-state index contributed by atoms with van der Waals surface area (Å²) in [5.41, 5.74) is 0. The fourth-order valence-electron chi connectivity index (χ4n) is 2.44. The highest BCUT2D eigenvalue weighted by Gasteiger charge is 2.17. The van der Waals surface area contributed by atoms with E-state index in [9.17, 15) is 0 Å². The van der Waals surface area contributed by atoms with Crippen molar-refractivity contribution in [2.75, 3.05) is 37.6 Å². The highest BCUT2D eigenvalue weighted by Crippen LogP contribution is 2.11. The molecule has 1 saturated heterocycles. The molecule has 0 atom stereocenters. The van der Waals surface area contributed by atoms with Gasteiger partial charge in [0.1, 0.15) is 18.0 Å². The Morgan fingerprint density at radius 3 is 2.60 bits per heavy atom. The monoisotopic (exact) mass is 273 g/mol. The van der Waals surface area contributed by atoms with Gasteiger partial charge in [0, 0.05) is 51.7 Å². The van der Waals surface area contributed by atoms with Gasteiger partial charge in [-0.05, 0) is 6.92 Å². The first kappa shape index (κ1) is 13.0. The Morgan fingerprint density at radius 2 is 1.95 bits per heavy atom. The van der Waals surface area contributed by atoms with Gasteiger partial charge >= 0.3 is 0 Å². The molecule has 0 spiro atoms. The van der Waals surface area contributed by atoms with Crippen LogP contribution >= 0.6 is 0 Å². The summed E-state index contributed by atoms with van der Waals surface area (Å²) < 4.78 is 2.09. The fraction of sp³-hybridized carbons (Fsp3) is 0.538. The average Bonchev–Trinajstić information content (AvgIpc) is 2.92. The molecule has 0 aliphatic carbocycles. The molecule has 0 amide bonds. The molecule has 3 heterocycles. The van der Waals surface area contributed by atoms with Crippen molar-refractivity contribution in [3.05, 3.63) is 30.7 Å². The lowest BCUT2D eigenvalue weighted by Gasteiger charge is -2.35. The fourth-order valence-corrected chi connectivity index (χ4v) is 2.44. The largest absolute Gasteiger partial charge is 0.353 e. The Hall–Kier alpha value is -2.02. The smallest absolute Gasteiger partial charge is 0.147 e. The normalized spacial score (nSPS) is 16.6. The Balaban J connectivity index is 1.48. The first-order valence-electron chi connectivity index (χ1n) is 6.90. The molecule has 106 valence electrons. The van der Waals surface area contributed by atoms with Crippen LogP contribution in [-0.4, -0.2) is 62.4 Å². The SMILES string of the molecule is Cc1nncn1CCN1CCN(c2cnccn2)CC1. The van der Waals surface area contributed by atoms with Gasteiger partial charge in [-0.3, -0.25) is 9.88 Å². The maximum atomic E-state index is 4.35. The summed E-state index contributed by atoms with van der Waals surface area (Å²) in [6, 6.07) is 0. The van der Waals surface area contributed by atoms with Crippen molar-refractivity contribution >= 4 is 5.82 Å². The summed E-state index contributed by atoms with van der Waals surface area (Å²) in [5, 5.41) is 7.91. The zero-order valence-corrected chi connectivity index (χ0v) is 11.7. The van der Waals surface area contributed by atoms with Crippen LogP contribution < -0.4 is 4.90 Å². The van der Waals surface area contributed by atoms with Crippen LogP contribution in [0.1, 0.15) is 5.82 Å². The van der Waals surface area contributed by atoms with Gasteiger partial charge in [0.05, 0.1) is 6.20 Å². The lowest BCUT2D eigenvalue weighted by molar-refractivity contribution is 0.247. The molecule has 1 aliphatic heterocycles. The van der Waals surface area contributed by atoms with Crippen LogP contribution in [0.2, 0.25) is 0 Å². The van der Waals surface area contributed by atoms with E-state index in [0.29, 0.717) is 0 Å². The maximum absolute atomic E-state index is 4.35. The van der Waals surface area contributed by atoms with Gasteiger partial charge in [0.25, 0.3) is 0 Å². The van der Waals surface area contributed by atoms with E-state index in [0.717, 1.165) is 50.9 Å². The molecule has 3 rings (SSSR count). The molecule has 0 radical (unpaired) electrons. The first-order valence-corrected chi connectivity index (χ1v) is 6.90. The summed E-state index contributed by atoms with van der Waals surface area (Å²) in [5.74, 6) is 1.95. The van der Waals surface area contributed by atoms with Gasteiger partial charge < -0.3 is 9.47 Å². The van der Waals surface area contributed by atoms with Gasteiger partial charge in [0.15, 0.2) is 0 Å². The Labute approximate surface area is 118 Å². The van der Waals surface area contributed by atoms with E-state index in [1.807, 2.05) is 13.1 Å². The van der Waals surface area contributed by atoms with E-state index in [1.54, 1.807) is 18.7 Å². The van der Waals surface area contributed by atoms with E-state index in [2.05, 4.69) is 34.5 Å². The zero-order valence-electron chi connectivity index (χ0n) is 11.7. The van der Waals surface area contributed by atoms with E-state index in [1.165, 1.54) is 0 Å².